The maximum Gasteiger partial charge on any atom is 0.230 e. The standard InChI is InChI=1S/C8H14N2OS/c11-8(5-12-7-1-2-7)10-6-3-9-4-6/h6-7,9H,1-5H2,(H,10,11). The van der Waals surface area contributed by atoms with Crippen LogP contribution in [0.4, 0.5) is 0 Å². The summed E-state index contributed by atoms with van der Waals surface area (Å²) in [5.41, 5.74) is 0. The van der Waals surface area contributed by atoms with Gasteiger partial charge in [0.2, 0.25) is 5.91 Å². The number of nitrogens with one attached hydrogen (secondary N) is 2. The molecule has 0 bridgehead atoms. The van der Waals surface area contributed by atoms with E-state index in [4.69, 9.17) is 0 Å². The summed E-state index contributed by atoms with van der Waals surface area (Å²) >= 11 is 1.79. The SMILES string of the molecule is O=C(CSC1CC1)NC1CNC1. The molecule has 2 aliphatic rings. The van der Waals surface area contributed by atoms with Crippen molar-refractivity contribution in [3.63, 3.8) is 0 Å². The number of carbonyl (C=O) groups is 1. The molecule has 0 spiro atoms. The largest absolute Gasteiger partial charge is 0.350 e. The Hall–Kier alpha value is -0.220. The molecule has 1 saturated carbocycles. The van der Waals surface area contributed by atoms with Crippen molar-refractivity contribution < 1.29 is 4.79 Å². The Balaban J connectivity index is 1.56. The molecule has 0 unspecified atom stereocenters. The second kappa shape index (κ2) is 3.66. The number of thioether (sulfide) groups is 1. The van der Waals surface area contributed by atoms with Crippen LogP contribution in [0.3, 0.4) is 0 Å². The van der Waals surface area contributed by atoms with Crippen LogP contribution in [0.1, 0.15) is 12.8 Å². The van der Waals surface area contributed by atoms with E-state index in [0.29, 0.717) is 11.8 Å². The van der Waals surface area contributed by atoms with Crippen LogP contribution in [-0.2, 0) is 4.79 Å². The second-order valence-electron chi connectivity index (χ2n) is 3.43. The van der Waals surface area contributed by atoms with Gasteiger partial charge in [-0.1, -0.05) is 0 Å². The number of carbonyl (C=O) groups excluding carboxylic acids is 1. The first-order valence-corrected chi connectivity index (χ1v) is 5.51. The highest BCUT2D eigenvalue weighted by Gasteiger charge is 2.24. The summed E-state index contributed by atoms with van der Waals surface area (Å²) in [5.74, 6) is 0.861. The van der Waals surface area contributed by atoms with Crippen LogP contribution in [-0.4, -0.2) is 36.0 Å². The van der Waals surface area contributed by atoms with Crippen molar-refractivity contribution in [2.75, 3.05) is 18.8 Å². The second-order valence-corrected chi connectivity index (χ2v) is 4.72. The zero-order valence-corrected chi connectivity index (χ0v) is 7.82. The lowest BCUT2D eigenvalue weighted by molar-refractivity contribution is -0.119. The highest BCUT2D eigenvalue weighted by molar-refractivity contribution is 8.00. The van der Waals surface area contributed by atoms with E-state index in [1.807, 2.05) is 0 Å². The summed E-state index contributed by atoms with van der Waals surface area (Å²) in [5, 5.41) is 6.89. The van der Waals surface area contributed by atoms with Gasteiger partial charge in [0.1, 0.15) is 0 Å². The summed E-state index contributed by atoms with van der Waals surface area (Å²) in [7, 11) is 0. The molecule has 1 aliphatic carbocycles. The van der Waals surface area contributed by atoms with Gasteiger partial charge in [0.05, 0.1) is 11.8 Å². The zero-order chi connectivity index (χ0) is 8.39. The van der Waals surface area contributed by atoms with Crippen molar-refractivity contribution in [3.8, 4) is 0 Å². The molecule has 1 amide bonds. The maximum atomic E-state index is 11.2. The minimum absolute atomic E-state index is 0.207. The quantitative estimate of drug-likeness (QED) is 0.648. The maximum absolute atomic E-state index is 11.2. The molecule has 1 saturated heterocycles. The van der Waals surface area contributed by atoms with Crippen LogP contribution in [0.15, 0.2) is 0 Å². The fraction of sp³-hybridized carbons (Fsp3) is 0.875. The fourth-order valence-electron chi connectivity index (χ4n) is 1.09. The van der Waals surface area contributed by atoms with Crippen molar-refractivity contribution in [2.24, 2.45) is 0 Å². The predicted molar refractivity (Wildman–Crippen MR) is 50.3 cm³/mol. The van der Waals surface area contributed by atoms with Crippen molar-refractivity contribution in [3.05, 3.63) is 0 Å². The van der Waals surface area contributed by atoms with Gasteiger partial charge < -0.3 is 10.6 Å². The molecular formula is C8H14N2OS. The van der Waals surface area contributed by atoms with Crippen LogP contribution in [0, 0.1) is 0 Å². The first-order chi connectivity index (χ1) is 5.84. The Kier molecular flexibility index (Phi) is 2.56. The Bertz CT molecular complexity index is 178. The van der Waals surface area contributed by atoms with E-state index in [0.717, 1.165) is 18.3 Å². The van der Waals surface area contributed by atoms with Crippen molar-refractivity contribution in [1.82, 2.24) is 10.6 Å². The first-order valence-electron chi connectivity index (χ1n) is 4.46. The van der Waals surface area contributed by atoms with E-state index in [1.165, 1.54) is 12.8 Å². The molecule has 3 nitrogen and oxygen atoms in total. The van der Waals surface area contributed by atoms with Crippen LogP contribution in [0.2, 0.25) is 0 Å². The zero-order valence-electron chi connectivity index (χ0n) is 7.01. The van der Waals surface area contributed by atoms with E-state index >= 15 is 0 Å². The summed E-state index contributed by atoms with van der Waals surface area (Å²) in [6.45, 7) is 1.89. The van der Waals surface area contributed by atoms with Gasteiger partial charge >= 0.3 is 0 Å². The minimum Gasteiger partial charge on any atom is -0.350 e. The predicted octanol–water partition coefficient (Wildman–Crippen LogP) is -0.0300. The molecule has 2 fully saturated rings. The fourth-order valence-corrected chi connectivity index (χ4v) is 2.03. The third-order valence-electron chi connectivity index (χ3n) is 2.12. The summed E-state index contributed by atoms with van der Waals surface area (Å²) in [6.07, 6.45) is 2.62. The van der Waals surface area contributed by atoms with E-state index < -0.39 is 0 Å². The topological polar surface area (TPSA) is 41.1 Å². The van der Waals surface area contributed by atoms with E-state index in [1.54, 1.807) is 11.8 Å². The molecule has 68 valence electrons. The molecule has 1 heterocycles. The third kappa shape index (κ3) is 2.38. The molecule has 0 aromatic heterocycles. The van der Waals surface area contributed by atoms with Gasteiger partial charge in [0.15, 0.2) is 0 Å². The van der Waals surface area contributed by atoms with Crippen molar-refractivity contribution in [1.29, 1.82) is 0 Å². The Morgan fingerprint density at radius 1 is 1.50 bits per heavy atom. The normalized spacial score (nSPS) is 23.3. The molecule has 0 aromatic carbocycles. The molecule has 0 atom stereocenters. The van der Waals surface area contributed by atoms with Crippen molar-refractivity contribution in [2.45, 2.75) is 24.1 Å². The Morgan fingerprint density at radius 3 is 2.75 bits per heavy atom. The lowest BCUT2D eigenvalue weighted by Crippen LogP contribution is -2.57. The Morgan fingerprint density at radius 2 is 2.25 bits per heavy atom. The average Bonchev–Trinajstić information content (AvgIpc) is 2.76. The highest BCUT2D eigenvalue weighted by Crippen LogP contribution is 2.33. The number of rotatable bonds is 4. The molecule has 2 N–H and O–H groups in total. The minimum atomic E-state index is 0.207. The van der Waals surface area contributed by atoms with Crippen LogP contribution in [0.25, 0.3) is 0 Å². The highest BCUT2D eigenvalue weighted by atomic mass is 32.2. The van der Waals surface area contributed by atoms with Crippen LogP contribution >= 0.6 is 11.8 Å². The molecule has 12 heavy (non-hydrogen) atoms. The molecule has 4 heteroatoms. The number of hydrogen-bond donors (Lipinski definition) is 2. The number of amides is 1. The molecule has 1 aliphatic heterocycles. The summed E-state index contributed by atoms with van der Waals surface area (Å²) in [4.78, 5) is 11.2. The van der Waals surface area contributed by atoms with E-state index in [-0.39, 0.29) is 5.91 Å². The average molecular weight is 186 g/mol. The molecule has 0 radical (unpaired) electrons. The molecule has 2 rings (SSSR count). The van der Waals surface area contributed by atoms with Gasteiger partial charge in [-0.05, 0) is 12.8 Å². The third-order valence-corrected chi connectivity index (χ3v) is 3.49. The Labute approximate surface area is 76.7 Å². The van der Waals surface area contributed by atoms with Gasteiger partial charge in [-0.15, -0.1) is 11.8 Å². The monoisotopic (exact) mass is 186 g/mol. The van der Waals surface area contributed by atoms with Gasteiger partial charge in [-0.3, -0.25) is 4.79 Å². The summed E-state index contributed by atoms with van der Waals surface area (Å²) in [6, 6.07) is 0.400. The van der Waals surface area contributed by atoms with Gasteiger partial charge in [-0.2, -0.15) is 0 Å². The van der Waals surface area contributed by atoms with Crippen molar-refractivity contribution >= 4 is 17.7 Å². The first kappa shape index (κ1) is 8.38. The van der Waals surface area contributed by atoms with E-state index in [9.17, 15) is 4.79 Å². The lowest BCUT2D eigenvalue weighted by atomic mass is 10.2. The molecule has 0 aromatic rings. The van der Waals surface area contributed by atoms with E-state index in [2.05, 4.69) is 10.6 Å². The van der Waals surface area contributed by atoms with Crippen LogP contribution < -0.4 is 10.6 Å². The van der Waals surface area contributed by atoms with Gasteiger partial charge in [-0.25, -0.2) is 0 Å². The van der Waals surface area contributed by atoms with Crippen LogP contribution in [0.5, 0.6) is 0 Å². The smallest absolute Gasteiger partial charge is 0.230 e. The van der Waals surface area contributed by atoms with Gasteiger partial charge in [0.25, 0.3) is 0 Å². The lowest BCUT2D eigenvalue weighted by Gasteiger charge is -2.27. The molecular weight excluding hydrogens is 172 g/mol. The van der Waals surface area contributed by atoms with Gasteiger partial charge in [0, 0.05) is 18.3 Å². The summed E-state index contributed by atoms with van der Waals surface area (Å²) < 4.78 is 0. The number of hydrogen-bond acceptors (Lipinski definition) is 3.